The maximum Gasteiger partial charge on any atom is 0.184 e. The fraction of sp³-hybridized carbons (Fsp3) is 0.667. The second kappa shape index (κ2) is 6.81. The molecule has 0 unspecified atom stereocenters. The van der Waals surface area contributed by atoms with Gasteiger partial charge in [0.15, 0.2) is 6.29 Å². The van der Waals surface area contributed by atoms with Crippen LogP contribution in [0.25, 0.3) is 0 Å². The van der Waals surface area contributed by atoms with E-state index in [1.165, 1.54) is 0 Å². The lowest BCUT2D eigenvalue weighted by molar-refractivity contribution is -0.221. The van der Waals surface area contributed by atoms with E-state index < -0.39 is 12.4 Å². The lowest BCUT2D eigenvalue weighted by Crippen LogP contribution is -2.53. The topological polar surface area (TPSA) is 41.9 Å². The van der Waals surface area contributed by atoms with Crippen LogP contribution in [0.2, 0.25) is 0 Å². The summed E-state index contributed by atoms with van der Waals surface area (Å²) in [5.74, 6) is 0. The van der Waals surface area contributed by atoms with Gasteiger partial charge >= 0.3 is 0 Å². The molecular weight excluding hydrogens is 206 g/mol. The van der Waals surface area contributed by atoms with Crippen molar-refractivity contribution in [3.63, 3.8) is 0 Å². The highest BCUT2D eigenvalue weighted by Crippen LogP contribution is 2.20. The minimum absolute atomic E-state index is 0.0368. The van der Waals surface area contributed by atoms with E-state index in [4.69, 9.17) is 9.47 Å². The first-order chi connectivity index (χ1) is 7.74. The van der Waals surface area contributed by atoms with Gasteiger partial charge in [-0.15, -0.1) is 13.2 Å². The largest absolute Gasteiger partial charge is 0.386 e. The van der Waals surface area contributed by atoms with Gasteiger partial charge in [0.1, 0.15) is 6.10 Å². The van der Waals surface area contributed by atoms with Crippen LogP contribution in [0.15, 0.2) is 25.3 Å². The van der Waals surface area contributed by atoms with Crippen molar-refractivity contribution in [3.05, 3.63) is 25.3 Å². The summed E-state index contributed by atoms with van der Waals surface area (Å²) in [6.07, 6.45) is 3.29. The summed E-state index contributed by atoms with van der Waals surface area (Å²) in [5, 5.41) is 10.1. The summed E-state index contributed by atoms with van der Waals surface area (Å²) >= 11 is 0. The average Bonchev–Trinajstić information content (AvgIpc) is 2.29. The molecule has 1 aliphatic heterocycles. The molecule has 4 heteroatoms. The summed E-state index contributed by atoms with van der Waals surface area (Å²) < 4.78 is 10.4. The van der Waals surface area contributed by atoms with Gasteiger partial charge in [-0.25, -0.2) is 0 Å². The van der Waals surface area contributed by atoms with E-state index in [-0.39, 0.29) is 6.04 Å². The maximum absolute atomic E-state index is 10.1. The molecule has 92 valence electrons. The normalized spacial score (nSPS) is 30.3. The Morgan fingerprint density at radius 2 is 2.06 bits per heavy atom. The zero-order chi connectivity index (χ0) is 12.0. The Labute approximate surface area is 97.1 Å². The van der Waals surface area contributed by atoms with Crippen molar-refractivity contribution in [2.45, 2.75) is 24.9 Å². The van der Waals surface area contributed by atoms with Crippen LogP contribution >= 0.6 is 0 Å². The van der Waals surface area contributed by atoms with Crippen molar-refractivity contribution >= 4 is 0 Å². The van der Waals surface area contributed by atoms with Gasteiger partial charge in [0.05, 0.1) is 6.61 Å². The van der Waals surface area contributed by atoms with E-state index in [9.17, 15) is 5.11 Å². The molecule has 0 saturated carbocycles. The summed E-state index contributed by atoms with van der Waals surface area (Å²) in [4.78, 5) is 2.12. The Morgan fingerprint density at radius 3 is 2.56 bits per heavy atom. The van der Waals surface area contributed by atoms with Gasteiger partial charge in [-0.1, -0.05) is 12.2 Å². The van der Waals surface area contributed by atoms with Crippen molar-refractivity contribution in [2.24, 2.45) is 0 Å². The highest BCUT2D eigenvalue weighted by atomic mass is 16.7. The van der Waals surface area contributed by atoms with Gasteiger partial charge in [-0.05, 0) is 6.42 Å². The summed E-state index contributed by atoms with van der Waals surface area (Å²) in [5.41, 5.74) is 0. The molecule has 0 aliphatic carbocycles. The Balaban J connectivity index is 2.66. The molecule has 0 aromatic heterocycles. The van der Waals surface area contributed by atoms with E-state index in [0.717, 1.165) is 19.5 Å². The third-order valence-electron chi connectivity index (χ3n) is 2.80. The standard InChI is InChI=1S/C12H21NO3/c1-4-7-13(8-5-2)10-6-9-16-12(15-3)11(10)14/h4-5,10-12,14H,1-2,6-9H2,3H3/t10-,11-,12+/m1/s1. The number of aliphatic hydroxyl groups is 1. The van der Waals surface area contributed by atoms with E-state index in [0.29, 0.717) is 6.61 Å². The first-order valence-electron chi connectivity index (χ1n) is 5.53. The zero-order valence-corrected chi connectivity index (χ0v) is 9.84. The molecule has 1 aliphatic rings. The van der Waals surface area contributed by atoms with Gasteiger partial charge in [0, 0.05) is 26.2 Å². The second-order valence-electron chi connectivity index (χ2n) is 3.85. The van der Waals surface area contributed by atoms with Crippen LogP contribution in [0.1, 0.15) is 6.42 Å². The molecule has 0 aromatic carbocycles. The van der Waals surface area contributed by atoms with Crippen molar-refractivity contribution < 1.29 is 14.6 Å². The fourth-order valence-electron chi connectivity index (χ4n) is 2.04. The Hall–Kier alpha value is -0.680. The smallest absolute Gasteiger partial charge is 0.184 e. The Morgan fingerprint density at radius 1 is 1.44 bits per heavy atom. The number of nitrogens with zero attached hydrogens (tertiary/aromatic N) is 1. The minimum atomic E-state index is -0.626. The van der Waals surface area contributed by atoms with Crippen LogP contribution in [0.5, 0.6) is 0 Å². The molecule has 0 aromatic rings. The van der Waals surface area contributed by atoms with Gasteiger partial charge in [0.2, 0.25) is 0 Å². The number of methoxy groups -OCH3 is 1. The van der Waals surface area contributed by atoms with E-state index in [1.807, 2.05) is 12.2 Å². The summed E-state index contributed by atoms with van der Waals surface area (Å²) in [7, 11) is 1.54. The van der Waals surface area contributed by atoms with Crippen molar-refractivity contribution in [1.82, 2.24) is 4.90 Å². The van der Waals surface area contributed by atoms with Crippen LogP contribution in [-0.2, 0) is 9.47 Å². The van der Waals surface area contributed by atoms with Gasteiger partial charge in [-0.2, -0.15) is 0 Å². The second-order valence-corrected chi connectivity index (χ2v) is 3.85. The number of rotatable bonds is 6. The SMILES string of the molecule is C=CCN(CC=C)[C@@H]1CCO[C@H](OC)[C@@H]1O. The molecule has 1 fully saturated rings. The number of hydrogen-bond acceptors (Lipinski definition) is 4. The molecule has 3 atom stereocenters. The van der Waals surface area contributed by atoms with E-state index in [1.54, 1.807) is 7.11 Å². The monoisotopic (exact) mass is 227 g/mol. The minimum Gasteiger partial charge on any atom is -0.386 e. The molecule has 0 radical (unpaired) electrons. The molecule has 1 saturated heterocycles. The molecule has 1 N–H and O–H groups in total. The molecular formula is C12H21NO3. The predicted octanol–water partition coefficient (Wildman–Crippen LogP) is 0.783. The molecule has 16 heavy (non-hydrogen) atoms. The quantitative estimate of drug-likeness (QED) is 0.681. The predicted molar refractivity (Wildman–Crippen MR) is 63.1 cm³/mol. The Bertz CT molecular complexity index is 222. The molecule has 0 spiro atoms. The molecule has 1 heterocycles. The molecule has 4 nitrogen and oxygen atoms in total. The van der Waals surface area contributed by atoms with Crippen LogP contribution in [0, 0.1) is 0 Å². The van der Waals surface area contributed by atoms with E-state index in [2.05, 4.69) is 18.1 Å². The van der Waals surface area contributed by atoms with Crippen LogP contribution in [0.4, 0.5) is 0 Å². The third kappa shape index (κ3) is 3.15. The van der Waals surface area contributed by atoms with Crippen LogP contribution in [0.3, 0.4) is 0 Å². The molecule has 0 bridgehead atoms. The lowest BCUT2D eigenvalue weighted by Gasteiger charge is -2.39. The van der Waals surface area contributed by atoms with Gasteiger partial charge in [-0.3, -0.25) is 4.90 Å². The fourth-order valence-corrected chi connectivity index (χ4v) is 2.04. The van der Waals surface area contributed by atoms with Gasteiger partial charge < -0.3 is 14.6 Å². The molecule has 0 amide bonds. The summed E-state index contributed by atoms with van der Waals surface area (Å²) in [6.45, 7) is 9.50. The maximum atomic E-state index is 10.1. The van der Waals surface area contributed by atoms with Crippen LogP contribution in [-0.4, -0.2) is 55.2 Å². The van der Waals surface area contributed by atoms with E-state index >= 15 is 0 Å². The van der Waals surface area contributed by atoms with Gasteiger partial charge in [0.25, 0.3) is 0 Å². The Kier molecular flexibility index (Phi) is 5.69. The van der Waals surface area contributed by atoms with Crippen molar-refractivity contribution in [1.29, 1.82) is 0 Å². The molecule has 1 rings (SSSR count). The van der Waals surface area contributed by atoms with Crippen molar-refractivity contribution in [2.75, 3.05) is 26.8 Å². The zero-order valence-electron chi connectivity index (χ0n) is 9.84. The number of ether oxygens (including phenoxy) is 2. The highest BCUT2D eigenvalue weighted by molar-refractivity contribution is 4.90. The first kappa shape index (κ1) is 13.4. The highest BCUT2D eigenvalue weighted by Gasteiger charge is 2.35. The number of hydrogen-bond donors (Lipinski definition) is 1. The summed E-state index contributed by atoms with van der Waals surface area (Å²) in [6, 6.07) is 0.0368. The lowest BCUT2D eigenvalue weighted by atomic mass is 10.0. The average molecular weight is 227 g/mol. The van der Waals surface area contributed by atoms with Crippen molar-refractivity contribution in [3.8, 4) is 0 Å². The number of aliphatic hydroxyl groups excluding tert-OH is 1. The third-order valence-corrected chi connectivity index (χ3v) is 2.80. The first-order valence-corrected chi connectivity index (χ1v) is 5.53. The van der Waals surface area contributed by atoms with Crippen LogP contribution < -0.4 is 0 Å².